The Morgan fingerprint density at radius 3 is 2.15 bits per heavy atom. The Hall–Kier alpha value is -2.90. The molecule has 2 aliphatic rings. The molecule has 27 heavy (non-hydrogen) atoms. The largest absolute Gasteiger partial charge is 0.452 e. The number of nitrogens with zero attached hydrogens (tertiary/aromatic N) is 3. The van der Waals surface area contributed by atoms with Crippen molar-refractivity contribution in [1.82, 2.24) is 9.80 Å². The Morgan fingerprint density at radius 2 is 1.59 bits per heavy atom. The smallest absolute Gasteiger partial charge is 0.338 e. The summed E-state index contributed by atoms with van der Waals surface area (Å²) in [5.74, 6) is -0.774. The van der Waals surface area contributed by atoms with Crippen molar-refractivity contribution in [3.8, 4) is 0 Å². The van der Waals surface area contributed by atoms with E-state index >= 15 is 0 Å². The number of rotatable bonds is 4. The third kappa shape index (κ3) is 4.45. The van der Waals surface area contributed by atoms with Gasteiger partial charge in [0.05, 0.1) is 5.56 Å². The van der Waals surface area contributed by atoms with Crippen molar-refractivity contribution in [3.05, 3.63) is 29.8 Å². The minimum atomic E-state index is -0.579. The first-order chi connectivity index (χ1) is 13.0. The van der Waals surface area contributed by atoms with Gasteiger partial charge in [-0.3, -0.25) is 14.4 Å². The van der Waals surface area contributed by atoms with Gasteiger partial charge >= 0.3 is 5.97 Å². The number of esters is 1. The van der Waals surface area contributed by atoms with Gasteiger partial charge in [0, 0.05) is 51.8 Å². The molecule has 2 saturated heterocycles. The quantitative estimate of drug-likeness (QED) is 0.724. The van der Waals surface area contributed by atoms with Gasteiger partial charge in [0.1, 0.15) is 0 Å². The fraction of sp³-hybridized carbons (Fsp3) is 0.474. The van der Waals surface area contributed by atoms with Gasteiger partial charge in [0.15, 0.2) is 6.61 Å². The van der Waals surface area contributed by atoms with Gasteiger partial charge in [0.25, 0.3) is 5.91 Å². The SMILES string of the molecule is CC(=O)N1CCN(C(=O)COC(=O)c2ccc(N3CCCC3=O)cc2)CC1. The molecule has 3 rings (SSSR count). The number of benzene rings is 1. The van der Waals surface area contributed by atoms with Crippen molar-refractivity contribution in [3.63, 3.8) is 0 Å². The highest BCUT2D eigenvalue weighted by molar-refractivity contribution is 5.96. The highest BCUT2D eigenvalue weighted by Crippen LogP contribution is 2.21. The van der Waals surface area contributed by atoms with Gasteiger partial charge in [-0.1, -0.05) is 0 Å². The highest BCUT2D eigenvalue weighted by Gasteiger charge is 2.24. The van der Waals surface area contributed by atoms with Gasteiger partial charge < -0.3 is 19.4 Å². The van der Waals surface area contributed by atoms with Crippen molar-refractivity contribution in [2.45, 2.75) is 19.8 Å². The molecule has 1 aromatic carbocycles. The summed E-state index contributed by atoms with van der Waals surface area (Å²) >= 11 is 0. The number of ether oxygens (including phenoxy) is 1. The second-order valence-electron chi connectivity index (χ2n) is 6.66. The van der Waals surface area contributed by atoms with E-state index in [1.165, 1.54) is 6.92 Å². The molecule has 1 aromatic rings. The molecule has 0 atom stereocenters. The van der Waals surface area contributed by atoms with Crippen LogP contribution in [-0.4, -0.2) is 72.8 Å². The van der Waals surface area contributed by atoms with Crippen LogP contribution in [0, 0.1) is 0 Å². The lowest BCUT2D eigenvalue weighted by Crippen LogP contribution is -2.51. The average Bonchev–Trinajstić information content (AvgIpc) is 3.12. The molecule has 3 amide bonds. The first-order valence-corrected chi connectivity index (χ1v) is 9.06. The molecule has 0 spiro atoms. The van der Waals surface area contributed by atoms with E-state index in [4.69, 9.17) is 4.74 Å². The second-order valence-corrected chi connectivity index (χ2v) is 6.66. The van der Waals surface area contributed by atoms with E-state index in [1.54, 1.807) is 39.0 Å². The van der Waals surface area contributed by atoms with Crippen LogP contribution >= 0.6 is 0 Å². The van der Waals surface area contributed by atoms with E-state index in [0.717, 1.165) is 12.1 Å². The van der Waals surface area contributed by atoms with Crippen molar-refractivity contribution in [2.24, 2.45) is 0 Å². The predicted molar refractivity (Wildman–Crippen MR) is 97.1 cm³/mol. The lowest BCUT2D eigenvalue weighted by atomic mass is 10.2. The molecule has 0 radical (unpaired) electrons. The summed E-state index contributed by atoms with van der Waals surface area (Å²) in [6.45, 7) is 3.73. The van der Waals surface area contributed by atoms with Crippen molar-refractivity contribution in [1.29, 1.82) is 0 Å². The van der Waals surface area contributed by atoms with Gasteiger partial charge in [0.2, 0.25) is 11.8 Å². The van der Waals surface area contributed by atoms with Crippen LogP contribution in [0.5, 0.6) is 0 Å². The molecule has 8 nitrogen and oxygen atoms in total. The van der Waals surface area contributed by atoms with Gasteiger partial charge in [-0.05, 0) is 30.7 Å². The number of piperazine rings is 1. The van der Waals surface area contributed by atoms with Crippen LogP contribution in [0.15, 0.2) is 24.3 Å². The van der Waals surface area contributed by atoms with Crippen molar-refractivity contribution < 1.29 is 23.9 Å². The molecule has 2 fully saturated rings. The normalized spacial score (nSPS) is 17.2. The zero-order chi connectivity index (χ0) is 19.4. The van der Waals surface area contributed by atoms with Crippen LogP contribution in [0.1, 0.15) is 30.1 Å². The van der Waals surface area contributed by atoms with E-state index in [9.17, 15) is 19.2 Å². The van der Waals surface area contributed by atoms with Gasteiger partial charge in [-0.15, -0.1) is 0 Å². The Labute approximate surface area is 157 Å². The maximum atomic E-state index is 12.2. The third-order valence-corrected chi connectivity index (χ3v) is 4.89. The van der Waals surface area contributed by atoms with E-state index in [0.29, 0.717) is 44.7 Å². The van der Waals surface area contributed by atoms with E-state index in [2.05, 4.69) is 0 Å². The number of anilines is 1. The molecule has 0 unspecified atom stereocenters. The minimum absolute atomic E-state index is 0.00685. The molecule has 0 aromatic heterocycles. The first-order valence-electron chi connectivity index (χ1n) is 9.06. The van der Waals surface area contributed by atoms with E-state index < -0.39 is 5.97 Å². The van der Waals surface area contributed by atoms with Crippen LogP contribution in [-0.2, 0) is 19.1 Å². The first kappa shape index (κ1) is 18.9. The molecule has 0 bridgehead atoms. The van der Waals surface area contributed by atoms with Crippen LogP contribution in [0.25, 0.3) is 0 Å². The summed E-state index contributed by atoms with van der Waals surface area (Å²) in [6.07, 6.45) is 1.39. The Kier molecular flexibility index (Phi) is 5.73. The molecule has 0 aliphatic carbocycles. The third-order valence-electron chi connectivity index (χ3n) is 4.89. The Bertz CT molecular complexity index is 738. The fourth-order valence-electron chi connectivity index (χ4n) is 3.27. The monoisotopic (exact) mass is 373 g/mol. The Morgan fingerprint density at radius 1 is 0.963 bits per heavy atom. The second kappa shape index (κ2) is 8.20. The predicted octanol–water partition coefficient (Wildman–Crippen LogP) is 0.661. The molecule has 2 aliphatic heterocycles. The van der Waals surface area contributed by atoms with E-state index in [-0.39, 0.29) is 24.3 Å². The zero-order valence-electron chi connectivity index (χ0n) is 15.3. The Balaban J connectivity index is 1.48. The maximum Gasteiger partial charge on any atom is 0.338 e. The summed E-state index contributed by atoms with van der Waals surface area (Å²) in [7, 11) is 0. The summed E-state index contributed by atoms with van der Waals surface area (Å²) in [4.78, 5) is 52.3. The lowest BCUT2D eigenvalue weighted by molar-refractivity contribution is -0.140. The summed E-state index contributed by atoms with van der Waals surface area (Å²) in [5, 5.41) is 0. The number of carbonyl (C=O) groups excluding carboxylic acids is 4. The minimum Gasteiger partial charge on any atom is -0.452 e. The van der Waals surface area contributed by atoms with Crippen molar-refractivity contribution in [2.75, 3.05) is 44.2 Å². The number of carbonyl (C=O) groups is 4. The molecule has 0 N–H and O–H groups in total. The maximum absolute atomic E-state index is 12.2. The summed E-state index contributed by atoms with van der Waals surface area (Å²) < 4.78 is 5.11. The summed E-state index contributed by atoms with van der Waals surface area (Å²) in [5.41, 5.74) is 1.09. The van der Waals surface area contributed by atoms with Crippen molar-refractivity contribution >= 4 is 29.4 Å². The molecular formula is C19H23N3O5. The van der Waals surface area contributed by atoms with Crippen LogP contribution in [0.2, 0.25) is 0 Å². The number of hydrogen-bond donors (Lipinski definition) is 0. The van der Waals surface area contributed by atoms with Gasteiger partial charge in [-0.25, -0.2) is 4.79 Å². The molecular weight excluding hydrogens is 350 g/mol. The van der Waals surface area contributed by atoms with Gasteiger partial charge in [-0.2, -0.15) is 0 Å². The van der Waals surface area contributed by atoms with Crippen LogP contribution in [0.4, 0.5) is 5.69 Å². The molecule has 0 saturated carbocycles. The number of hydrogen-bond acceptors (Lipinski definition) is 5. The number of amides is 3. The van der Waals surface area contributed by atoms with Crippen LogP contribution in [0.3, 0.4) is 0 Å². The fourth-order valence-corrected chi connectivity index (χ4v) is 3.27. The van der Waals surface area contributed by atoms with Crippen LogP contribution < -0.4 is 4.90 Å². The summed E-state index contributed by atoms with van der Waals surface area (Å²) in [6, 6.07) is 6.62. The van der Waals surface area contributed by atoms with E-state index in [1.807, 2.05) is 0 Å². The lowest BCUT2D eigenvalue weighted by Gasteiger charge is -2.34. The standard InChI is InChI=1S/C19H23N3O5/c1-14(23)20-9-11-21(12-10-20)18(25)13-27-19(26)15-4-6-16(7-5-15)22-8-2-3-17(22)24/h4-7H,2-3,8-13H2,1H3. The topological polar surface area (TPSA) is 87.2 Å². The highest BCUT2D eigenvalue weighted by atomic mass is 16.5. The molecule has 144 valence electrons. The molecule has 2 heterocycles. The average molecular weight is 373 g/mol. The molecule has 8 heteroatoms. The zero-order valence-corrected chi connectivity index (χ0v) is 15.3.